The fourth-order valence-electron chi connectivity index (χ4n) is 3.63. The lowest BCUT2D eigenvalue weighted by atomic mass is 10.1. The van der Waals surface area contributed by atoms with Crippen molar-refractivity contribution < 1.29 is 8.42 Å². The van der Waals surface area contributed by atoms with E-state index in [0.29, 0.717) is 16.3 Å². The molecule has 8 heteroatoms. The Morgan fingerprint density at radius 2 is 1.66 bits per heavy atom. The Morgan fingerprint density at radius 3 is 2.38 bits per heavy atom. The lowest BCUT2D eigenvalue weighted by Gasteiger charge is -2.30. The van der Waals surface area contributed by atoms with E-state index in [-0.39, 0.29) is 17.3 Å². The fourth-order valence-corrected chi connectivity index (χ4v) is 5.21. The third-order valence-electron chi connectivity index (χ3n) is 5.11. The topological polar surface area (TPSA) is 61.4 Å². The number of piperazine rings is 1. The molecule has 4 rings (SSSR count). The Balaban J connectivity index is 0.00000240. The van der Waals surface area contributed by atoms with Crippen LogP contribution in [0.5, 0.6) is 0 Å². The molecule has 0 atom stereocenters. The molecule has 154 valence electrons. The van der Waals surface area contributed by atoms with Gasteiger partial charge in [0.15, 0.2) is 0 Å². The largest absolute Gasteiger partial charge is 0.368 e. The first-order chi connectivity index (χ1) is 13.5. The normalized spacial score (nSPS) is 14.5. The van der Waals surface area contributed by atoms with Crippen LogP contribution in [0.3, 0.4) is 0 Å². The first-order valence-corrected chi connectivity index (χ1v) is 11.1. The molecule has 3 aromatic rings. The summed E-state index contributed by atoms with van der Waals surface area (Å²) < 4.78 is 28.8. The van der Waals surface area contributed by atoms with Crippen molar-refractivity contribution in [3.8, 4) is 0 Å². The van der Waals surface area contributed by atoms with Gasteiger partial charge < -0.3 is 10.2 Å². The number of sulfonamides is 1. The van der Waals surface area contributed by atoms with Crippen molar-refractivity contribution >= 4 is 56.2 Å². The summed E-state index contributed by atoms with van der Waals surface area (Å²) in [4.78, 5) is 2.52. The number of halogens is 2. The third-order valence-corrected chi connectivity index (χ3v) is 7.03. The number of hydrogen-bond acceptors (Lipinski definition) is 4. The number of rotatable bonds is 4. The molecule has 0 aliphatic carbocycles. The van der Waals surface area contributed by atoms with Crippen molar-refractivity contribution in [2.75, 3.05) is 35.8 Å². The highest BCUT2D eigenvalue weighted by molar-refractivity contribution is 7.92. The minimum absolute atomic E-state index is 0. The van der Waals surface area contributed by atoms with E-state index < -0.39 is 10.0 Å². The van der Waals surface area contributed by atoms with Crippen LogP contribution in [0.4, 0.5) is 11.4 Å². The van der Waals surface area contributed by atoms with E-state index in [4.69, 9.17) is 11.6 Å². The molecule has 0 amide bonds. The molecule has 0 unspecified atom stereocenters. The number of fused-ring (bicyclic) bond motifs is 1. The van der Waals surface area contributed by atoms with Gasteiger partial charge in [-0.3, -0.25) is 4.72 Å². The summed E-state index contributed by atoms with van der Waals surface area (Å²) in [5.74, 6) is 0. The Morgan fingerprint density at radius 1 is 0.966 bits per heavy atom. The van der Waals surface area contributed by atoms with Gasteiger partial charge in [0.1, 0.15) is 0 Å². The zero-order valence-corrected chi connectivity index (χ0v) is 18.4. The number of benzene rings is 3. The second kappa shape index (κ2) is 8.79. The molecular formula is C21H23Cl2N3O2S. The first-order valence-electron chi connectivity index (χ1n) is 9.23. The van der Waals surface area contributed by atoms with Crippen LogP contribution in [0.2, 0.25) is 5.02 Å². The number of nitrogens with zero attached hydrogens (tertiary/aromatic N) is 1. The smallest absolute Gasteiger partial charge is 0.262 e. The second-order valence-corrected chi connectivity index (χ2v) is 8.94. The lowest BCUT2D eigenvalue weighted by Crippen LogP contribution is -2.43. The predicted molar refractivity (Wildman–Crippen MR) is 123 cm³/mol. The molecule has 0 bridgehead atoms. The van der Waals surface area contributed by atoms with Gasteiger partial charge in [-0.25, -0.2) is 8.42 Å². The summed E-state index contributed by atoms with van der Waals surface area (Å²) >= 11 is 6.12. The molecule has 0 radical (unpaired) electrons. The molecule has 1 heterocycles. The summed E-state index contributed by atoms with van der Waals surface area (Å²) in [6, 6.07) is 16.6. The maximum absolute atomic E-state index is 13.0. The van der Waals surface area contributed by atoms with Crippen molar-refractivity contribution in [1.82, 2.24) is 5.32 Å². The molecule has 1 fully saturated rings. The molecule has 5 nitrogen and oxygen atoms in total. The summed E-state index contributed by atoms with van der Waals surface area (Å²) in [7, 11) is -3.75. The Labute approximate surface area is 182 Å². The van der Waals surface area contributed by atoms with Gasteiger partial charge in [0.25, 0.3) is 10.0 Å². The van der Waals surface area contributed by atoms with Crippen LogP contribution in [0.1, 0.15) is 5.56 Å². The van der Waals surface area contributed by atoms with Crippen LogP contribution < -0.4 is 14.9 Å². The van der Waals surface area contributed by atoms with Crippen molar-refractivity contribution in [3.63, 3.8) is 0 Å². The quantitative estimate of drug-likeness (QED) is 0.615. The Bertz CT molecular complexity index is 1130. The van der Waals surface area contributed by atoms with Crippen LogP contribution >= 0.6 is 24.0 Å². The minimum Gasteiger partial charge on any atom is -0.368 e. The highest BCUT2D eigenvalue weighted by Crippen LogP contribution is 2.34. The average molecular weight is 452 g/mol. The lowest BCUT2D eigenvalue weighted by molar-refractivity contribution is 0.590. The van der Waals surface area contributed by atoms with Gasteiger partial charge in [0.05, 0.1) is 10.6 Å². The molecule has 0 aromatic heterocycles. The minimum atomic E-state index is -3.75. The van der Waals surface area contributed by atoms with Crippen LogP contribution in [0.15, 0.2) is 59.5 Å². The average Bonchev–Trinajstić information content (AvgIpc) is 2.70. The van der Waals surface area contributed by atoms with E-state index in [1.165, 1.54) is 0 Å². The second-order valence-electron chi connectivity index (χ2n) is 6.88. The van der Waals surface area contributed by atoms with E-state index in [0.717, 1.165) is 42.6 Å². The monoisotopic (exact) mass is 451 g/mol. The molecule has 29 heavy (non-hydrogen) atoms. The summed E-state index contributed by atoms with van der Waals surface area (Å²) in [6.45, 7) is 5.45. The number of hydrogen-bond donors (Lipinski definition) is 2. The van der Waals surface area contributed by atoms with Crippen molar-refractivity contribution in [1.29, 1.82) is 0 Å². The van der Waals surface area contributed by atoms with Crippen LogP contribution in [-0.2, 0) is 10.0 Å². The summed E-state index contributed by atoms with van der Waals surface area (Å²) in [5.41, 5.74) is 2.23. The molecule has 2 N–H and O–H groups in total. The number of nitrogens with one attached hydrogen (secondary N) is 2. The molecular weight excluding hydrogens is 429 g/mol. The van der Waals surface area contributed by atoms with Crippen molar-refractivity contribution in [3.05, 3.63) is 65.2 Å². The maximum Gasteiger partial charge on any atom is 0.262 e. The summed E-state index contributed by atoms with van der Waals surface area (Å²) in [5, 5.41) is 5.70. The van der Waals surface area contributed by atoms with Gasteiger partial charge in [-0.05, 0) is 36.8 Å². The van der Waals surface area contributed by atoms with Crippen LogP contribution in [0, 0.1) is 6.92 Å². The molecule has 0 saturated carbocycles. The number of anilines is 2. The van der Waals surface area contributed by atoms with Gasteiger partial charge in [-0.1, -0.05) is 41.9 Å². The molecule has 1 aliphatic rings. The predicted octanol–water partition coefficient (Wildman–Crippen LogP) is 4.43. The highest BCUT2D eigenvalue weighted by atomic mass is 35.5. The third kappa shape index (κ3) is 4.31. The molecule has 1 saturated heterocycles. The Hall–Kier alpha value is -1.99. The van der Waals surface area contributed by atoms with Gasteiger partial charge in [0, 0.05) is 47.7 Å². The zero-order chi connectivity index (χ0) is 19.7. The van der Waals surface area contributed by atoms with Gasteiger partial charge in [-0.2, -0.15) is 0 Å². The van der Waals surface area contributed by atoms with Gasteiger partial charge >= 0.3 is 0 Å². The zero-order valence-electron chi connectivity index (χ0n) is 16.0. The first kappa shape index (κ1) is 21.7. The van der Waals surface area contributed by atoms with Crippen molar-refractivity contribution in [2.45, 2.75) is 11.8 Å². The van der Waals surface area contributed by atoms with Crippen molar-refractivity contribution in [2.24, 2.45) is 0 Å². The van der Waals surface area contributed by atoms with E-state index in [1.54, 1.807) is 25.1 Å². The van der Waals surface area contributed by atoms with E-state index in [2.05, 4.69) is 14.9 Å². The van der Waals surface area contributed by atoms with Gasteiger partial charge in [0.2, 0.25) is 0 Å². The van der Waals surface area contributed by atoms with Gasteiger partial charge in [-0.15, -0.1) is 12.4 Å². The van der Waals surface area contributed by atoms with Crippen LogP contribution in [0.25, 0.3) is 10.8 Å². The van der Waals surface area contributed by atoms with E-state index >= 15 is 0 Å². The molecule has 0 spiro atoms. The fraction of sp³-hybridized carbons (Fsp3) is 0.238. The molecule has 1 aliphatic heterocycles. The summed E-state index contributed by atoms with van der Waals surface area (Å²) in [6.07, 6.45) is 0. The molecule has 3 aromatic carbocycles. The van der Waals surface area contributed by atoms with E-state index in [1.807, 2.05) is 36.4 Å². The standard InChI is InChI=1S/C21H22ClN3O2S.ClH/c1-15-18(22)7-4-8-21(15)28(26,27)24-19-9-10-20(25-13-11-23-12-14-25)17-6-3-2-5-16(17)19;/h2-10,23-24H,11-14H2,1H3;1H. The van der Waals surface area contributed by atoms with Crippen LogP contribution in [-0.4, -0.2) is 34.6 Å². The maximum atomic E-state index is 13.0. The highest BCUT2D eigenvalue weighted by Gasteiger charge is 2.21. The Kier molecular flexibility index (Phi) is 6.58. The van der Waals surface area contributed by atoms with E-state index in [9.17, 15) is 8.42 Å². The SMILES string of the molecule is Cc1c(Cl)cccc1S(=O)(=O)Nc1ccc(N2CCNCC2)c2ccccc12.Cl.